The zero-order valence-corrected chi connectivity index (χ0v) is 16.0. The van der Waals surface area contributed by atoms with Crippen LogP contribution >= 0.6 is 0 Å². The van der Waals surface area contributed by atoms with Gasteiger partial charge in [-0.25, -0.2) is 0 Å². The second-order valence-corrected chi connectivity index (χ2v) is 7.43. The number of benzene rings is 3. The van der Waals surface area contributed by atoms with Crippen molar-refractivity contribution in [2.45, 2.75) is 6.92 Å². The van der Waals surface area contributed by atoms with Crippen LogP contribution in [0, 0.1) is 6.92 Å². The highest BCUT2D eigenvalue weighted by atomic mass is 16.4. The number of para-hydroxylation sites is 2. The van der Waals surface area contributed by atoms with Crippen LogP contribution in [0.1, 0.15) is 5.56 Å². The van der Waals surface area contributed by atoms with E-state index in [2.05, 4.69) is 65.6 Å². The fourth-order valence-electron chi connectivity index (χ4n) is 4.42. The Morgan fingerprint density at radius 1 is 0.821 bits per heavy atom. The molecular weight excluding hydrogens is 348 g/mol. The van der Waals surface area contributed by atoms with E-state index in [0.29, 0.717) is 0 Å². The number of furan rings is 1. The van der Waals surface area contributed by atoms with E-state index >= 15 is 0 Å². The summed E-state index contributed by atoms with van der Waals surface area (Å²) >= 11 is 0. The van der Waals surface area contributed by atoms with Crippen molar-refractivity contribution >= 4 is 44.1 Å². The molecule has 0 saturated heterocycles. The topological polar surface area (TPSA) is 35.1 Å². The van der Waals surface area contributed by atoms with Crippen LogP contribution in [0.5, 0.6) is 0 Å². The average Bonchev–Trinajstić information content (AvgIpc) is 3.33. The molecule has 3 heterocycles. The van der Waals surface area contributed by atoms with Gasteiger partial charge in [0.2, 0.25) is 0 Å². The molecule has 0 unspecified atom stereocenters. The lowest BCUT2D eigenvalue weighted by Gasteiger charge is -2.01. The quantitative estimate of drug-likeness (QED) is 0.353. The number of oxazole rings is 1. The van der Waals surface area contributed by atoms with Crippen LogP contribution < -0.4 is 4.57 Å². The van der Waals surface area contributed by atoms with Gasteiger partial charge in [0.1, 0.15) is 18.2 Å². The van der Waals surface area contributed by atoms with Gasteiger partial charge in [-0.2, -0.15) is 4.57 Å². The lowest BCUT2D eigenvalue weighted by atomic mass is 10.0. The average molecular weight is 367 g/mol. The van der Waals surface area contributed by atoms with Crippen molar-refractivity contribution in [2.75, 3.05) is 0 Å². The molecule has 3 aromatic carbocycles. The molecule has 0 fully saturated rings. The van der Waals surface area contributed by atoms with Crippen LogP contribution in [0.3, 0.4) is 0 Å². The summed E-state index contributed by atoms with van der Waals surface area (Å²) in [6.07, 6.45) is 0. The lowest BCUT2D eigenvalue weighted by molar-refractivity contribution is -0.636. The Morgan fingerprint density at radius 2 is 1.57 bits per heavy atom. The zero-order valence-electron chi connectivity index (χ0n) is 16.0. The van der Waals surface area contributed by atoms with Gasteiger partial charge in [0, 0.05) is 17.8 Å². The number of aromatic nitrogens is 2. The molecule has 6 aromatic rings. The normalized spacial score (nSPS) is 12.1. The summed E-state index contributed by atoms with van der Waals surface area (Å²) in [7, 11) is 4.11. The van der Waals surface area contributed by atoms with Crippen LogP contribution in [0.2, 0.25) is 0 Å². The Kier molecular flexibility index (Phi) is 2.91. The molecule has 0 aliphatic carbocycles. The Balaban J connectivity index is 1.76. The first kappa shape index (κ1) is 15.5. The minimum Gasteiger partial charge on any atom is -0.455 e. The minimum atomic E-state index is 0.813. The predicted octanol–water partition coefficient (Wildman–Crippen LogP) is 5.62. The van der Waals surface area contributed by atoms with Gasteiger partial charge in [-0.15, -0.1) is 0 Å². The fraction of sp³-hybridized carbons (Fsp3) is 0.125. The summed E-state index contributed by atoms with van der Waals surface area (Å²) in [4.78, 5) is 0. The summed E-state index contributed by atoms with van der Waals surface area (Å²) in [5.41, 5.74) is 7.04. The molecule has 4 nitrogen and oxygen atoms in total. The van der Waals surface area contributed by atoms with E-state index in [0.717, 1.165) is 55.7 Å². The van der Waals surface area contributed by atoms with Crippen molar-refractivity contribution in [1.29, 1.82) is 0 Å². The molecule has 3 aromatic heterocycles. The monoisotopic (exact) mass is 367 g/mol. The molecule has 4 heteroatoms. The summed E-state index contributed by atoms with van der Waals surface area (Å²) in [5, 5.41) is 3.43. The fourth-order valence-corrected chi connectivity index (χ4v) is 4.42. The molecule has 28 heavy (non-hydrogen) atoms. The van der Waals surface area contributed by atoms with Gasteiger partial charge in [-0.1, -0.05) is 42.5 Å². The Morgan fingerprint density at radius 3 is 2.43 bits per heavy atom. The van der Waals surface area contributed by atoms with Gasteiger partial charge in [-0.3, -0.25) is 0 Å². The molecule has 6 rings (SSSR count). The SMILES string of the molecule is Cc1ccc2c(oc3ccccc32)c1-c1oc2c(c3ccccc3n2C)[n+]1C. The predicted molar refractivity (Wildman–Crippen MR) is 111 cm³/mol. The second-order valence-electron chi connectivity index (χ2n) is 7.43. The Bertz CT molecular complexity index is 1550. The van der Waals surface area contributed by atoms with Crippen LogP contribution in [0.25, 0.3) is 55.5 Å². The van der Waals surface area contributed by atoms with E-state index in [9.17, 15) is 0 Å². The number of hydrogen-bond donors (Lipinski definition) is 0. The number of aryl methyl sites for hydroxylation is 3. The van der Waals surface area contributed by atoms with Gasteiger partial charge >= 0.3 is 5.89 Å². The number of nitrogens with zero attached hydrogens (tertiary/aromatic N) is 2. The second kappa shape index (κ2) is 5.26. The zero-order chi connectivity index (χ0) is 19.0. The van der Waals surface area contributed by atoms with E-state index in [4.69, 9.17) is 8.83 Å². The van der Waals surface area contributed by atoms with Crippen molar-refractivity contribution in [2.24, 2.45) is 14.1 Å². The van der Waals surface area contributed by atoms with Gasteiger partial charge in [0.25, 0.3) is 11.2 Å². The molecule has 0 N–H and O–H groups in total. The van der Waals surface area contributed by atoms with Gasteiger partial charge in [0.05, 0.1) is 10.9 Å². The lowest BCUT2D eigenvalue weighted by Crippen LogP contribution is -2.28. The summed E-state index contributed by atoms with van der Waals surface area (Å²) in [6, 6.07) is 20.8. The maximum Gasteiger partial charge on any atom is 0.386 e. The molecule has 0 spiro atoms. The van der Waals surface area contributed by atoms with E-state index < -0.39 is 0 Å². The molecule has 0 saturated carbocycles. The van der Waals surface area contributed by atoms with Crippen molar-refractivity contribution in [3.63, 3.8) is 0 Å². The van der Waals surface area contributed by atoms with Gasteiger partial charge in [0.15, 0.2) is 5.58 Å². The smallest absolute Gasteiger partial charge is 0.386 e. The maximum atomic E-state index is 6.45. The summed E-state index contributed by atoms with van der Waals surface area (Å²) < 4.78 is 17.0. The highest BCUT2D eigenvalue weighted by Crippen LogP contribution is 2.38. The van der Waals surface area contributed by atoms with Crippen LogP contribution in [0.15, 0.2) is 69.5 Å². The molecular formula is C24H19N2O2+. The third-order valence-corrected chi connectivity index (χ3v) is 5.83. The third-order valence-electron chi connectivity index (χ3n) is 5.83. The highest BCUT2D eigenvalue weighted by Gasteiger charge is 2.30. The number of rotatable bonds is 1. The number of hydrogen-bond acceptors (Lipinski definition) is 2. The van der Waals surface area contributed by atoms with Crippen molar-refractivity contribution in [3.05, 3.63) is 66.2 Å². The first-order valence-electron chi connectivity index (χ1n) is 9.42. The van der Waals surface area contributed by atoms with E-state index in [1.807, 2.05) is 25.2 Å². The first-order valence-corrected chi connectivity index (χ1v) is 9.42. The molecule has 0 amide bonds. The largest absolute Gasteiger partial charge is 0.455 e. The Hall–Kier alpha value is -3.53. The highest BCUT2D eigenvalue weighted by molar-refractivity contribution is 6.10. The molecule has 0 bridgehead atoms. The minimum absolute atomic E-state index is 0.813. The molecule has 0 aliphatic heterocycles. The molecule has 0 radical (unpaired) electrons. The summed E-state index contributed by atoms with van der Waals surface area (Å²) in [6.45, 7) is 2.10. The van der Waals surface area contributed by atoms with Crippen LogP contribution in [-0.4, -0.2) is 4.57 Å². The number of fused-ring (bicyclic) bond motifs is 6. The van der Waals surface area contributed by atoms with Crippen molar-refractivity contribution < 1.29 is 13.4 Å². The molecule has 0 aliphatic rings. The Labute approximate surface area is 161 Å². The van der Waals surface area contributed by atoms with Crippen LogP contribution in [-0.2, 0) is 14.1 Å². The molecule has 0 atom stereocenters. The van der Waals surface area contributed by atoms with Crippen molar-refractivity contribution in [3.8, 4) is 11.5 Å². The van der Waals surface area contributed by atoms with E-state index in [-0.39, 0.29) is 0 Å². The maximum absolute atomic E-state index is 6.45. The van der Waals surface area contributed by atoms with E-state index in [1.54, 1.807) is 0 Å². The van der Waals surface area contributed by atoms with Crippen molar-refractivity contribution in [1.82, 2.24) is 4.57 Å². The first-order chi connectivity index (χ1) is 13.6. The standard InChI is InChI=1S/C24H19N2O2/c1-14-12-13-16-15-8-5-7-11-19(15)27-22(16)20(14)23-26(3)21-17-9-4-6-10-18(17)25(2)24(21)28-23/h4-13H,1-3H3/q+1. The van der Waals surface area contributed by atoms with Crippen LogP contribution in [0.4, 0.5) is 0 Å². The van der Waals surface area contributed by atoms with E-state index in [1.165, 1.54) is 5.39 Å². The van der Waals surface area contributed by atoms with Gasteiger partial charge < -0.3 is 13.4 Å². The molecule has 136 valence electrons. The third kappa shape index (κ3) is 1.82. The van der Waals surface area contributed by atoms with Gasteiger partial charge in [-0.05, 0) is 30.7 Å². The summed E-state index contributed by atoms with van der Waals surface area (Å²) in [5.74, 6) is 0.813.